The average Bonchev–Trinajstić information content (AvgIpc) is 3.03. The number of nitrogens with one attached hydrogen (secondary N) is 1. The first-order valence-corrected chi connectivity index (χ1v) is 7.51. The van der Waals surface area contributed by atoms with Gasteiger partial charge in [-0.3, -0.25) is 14.6 Å². The molecule has 0 spiro atoms. The van der Waals surface area contributed by atoms with Crippen LogP contribution in [0, 0.1) is 0 Å². The van der Waals surface area contributed by atoms with Gasteiger partial charge in [-0.15, -0.1) is 0 Å². The molecule has 21 heavy (non-hydrogen) atoms. The van der Waals surface area contributed by atoms with E-state index in [1.165, 1.54) is 0 Å². The van der Waals surface area contributed by atoms with Crippen molar-refractivity contribution in [2.45, 2.75) is 6.04 Å². The zero-order valence-electron chi connectivity index (χ0n) is 12.5. The fourth-order valence-electron chi connectivity index (χ4n) is 2.91. The third-order valence-corrected chi connectivity index (χ3v) is 4.30. The Balaban J connectivity index is 1.59. The number of imidazole rings is 1. The van der Waals surface area contributed by atoms with Crippen LogP contribution in [-0.4, -0.2) is 90.1 Å². The van der Waals surface area contributed by atoms with Crippen molar-refractivity contribution in [3.8, 4) is 0 Å². The smallest absolute Gasteiger partial charge is 0.236 e. The Bertz CT molecular complexity index is 458. The number of H-pyrrole nitrogens is 1. The molecular formula is C14H23N5O2. The Morgan fingerprint density at radius 3 is 2.90 bits per heavy atom. The van der Waals surface area contributed by atoms with E-state index >= 15 is 0 Å². The minimum atomic E-state index is 0.155. The van der Waals surface area contributed by atoms with Gasteiger partial charge in [0.05, 0.1) is 25.8 Å². The van der Waals surface area contributed by atoms with Gasteiger partial charge < -0.3 is 14.6 Å². The molecule has 2 saturated heterocycles. The van der Waals surface area contributed by atoms with Crippen LogP contribution in [0.1, 0.15) is 11.9 Å². The molecule has 0 bridgehead atoms. The van der Waals surface area contributed by atoms with Gasteiger partial charge in [-0.25, -0.2) is 4.98 Å². The molecule has 1 aromatic heterocycles. The molecule has 3 rings (SSSR count). The van der Waals surface area contributed by atoms with Gasteiger partial charge in [0.2, 0.25) is 5.91 Å². The maximum atomic E-state index is 12.5. The van der Waals surface area contributed by atoms with E-state index in [0.29, 0.717) is 13.1 Å². The number of carbonyl (C=O) groups excluding carboxylic acids is 1. The van der Waals surface area contributed by atoms with Crippen molar-refractivity contribution in [2.24, 2.45) is 0 Å². The van der Waals surface area contributed by atoms with Crippen molar-refractivity contribution >= 4 is 5.91 Å². The normalized spacial score (nSPS) is 25.2. The monoisotopic (exact) mass is 293 g/mol. The molecule has 3 heterocycles. The first kappa shape index (κ1) is 14.5. The molecule has 116 valence electrons. The van der Waals surface area contributed by atoms with E-state index in [4.69, 9.17) is 4.74 Å². The standard InChI is InChI=1S/C14H23N5O2/c1-17-4-5-19(10-12(17)14-15-2-3-16-14)13(20)11-18-6-8-21-9-7-18/h2-3,12H,4-11H2,1H3,(H,15,16). The molecule has 1 aromatic rings. The van der Waals surface area contributed by atoms with Crippen LogP contribution in [0.4, 0.5) is 0 Å². The predicted molar refractivity (Wildman–Crippen MR) is 77.8 cm³/mol. The molecule has 2 fully saturated rings. The summed E-state index contributed by atoms with van der Waals surface area (Å²) in [6.07, 6.45) is 3.59. The molecule has 0 saturated carbocycles. The molecule has 7 nitrogen and oxygen atoms in total. The number of morpholine rings is 1. The van der Waals surface area contributed by atoms with Gasteiger partial charge >= 0.3 is 0 Å². The van der Waals surface area contributed by atoms with E-state index in [-0.39, 0.29) is 11.9 Å². The van der Waals surface area contributed by atoms with Crippen molar-refractivity contribution in [3.05, 3.63) is 18.2 Å². The minimum Gasteiger partial charge on any atom is -0.379 e. The summed E-state index contributed by atoms with van der Waals surface area (Å²) >= 11 is 0. The number of amides is 1. The Morgan fingerprint density at radius 1 is 1.38 bits per heavy atom. The van der Waals surface area contributed by atoms with E-state index in [9.17, 15) is 4.79 Å². The lowest BCUT2D eigenvalue weighted by Crippen LogP contribution is -2.52. The first-order valence-electron chi connectivity index (χ1n) is 7.51. The van der Waals surface area contributed by atoms with Crippen molar-refractivity contribution in [1.82, 2.24) is 24.7 Å². The highest BCUT2D eigenvalue weighted by Gasteiger charge is 2.30. The number of hydrogen-bond donors (Lipinski definition) is 1. The molecule has 0 aliphatic carbocycles. The van der Waals surface area contributed by atoms with Crippen LogP contribution in [0.3, 0.4) is 0 Å². The molecule has 1 N–H and O–H groups in total. The van der Waals surface area contributed by atoms with E-state index in [0.717, 1.165) is 45.2 Å². The van der Waals surface area contributed by atoms with E-state index in [1.54, 1.807) is 6.20 Å². The molecule has 7 heteroatoms. The molecule has 0 radical (unpaired) electrons. The number of nitrogens with zero attached hydrogens (tertiary/aromatic N) is 4. The number of aromatic nitrogens is 2. The quantitative estimate of drug-likeness (QED) is 0.818. The number of piperazine rings is 1. The van der Waals surface area contributed by atoms with Gasteiger partial charge in [-0.1, -0.05) is 0 Å². The number of hydrogen-bond acceptors (Lipinski definition) is 5. The van der Waals surface area contributed by atoms with Gasteiger partial charge in [0.25, 0.3) is 0 Å². The summed E-state index contributed by atoms with van der Waals surface area (Å²) < 4.78 is 5.32. The second-order valence-corrected chi connectivity index (χ2v) is 5.70. The van der Waals surface area contributed by atoms with Crippen LogP contribution < -0.4 is 0 Å². The summed E-state index contributed by atoms with van der Waals surface area (Å²) in [5, 5.41) is 0. The third-order valence-electron chi connectivity index (χ3n) is 4.30. The average molecular weight is 293 g/mol. The van der Waals surface area contributed by atoms with Gasteiger partial charge in [-0.05, 0) is 7.05 Å². The van der Waals surface area contributed by atoms with Crippen LogP contribution in [0.5, 0.6) is 0 Å². The molecular weight excluding hydrogens is 270 g/mol. The highest BCUT2D eigenvalue weighted by Crippen LogP contribution is 2.21. The largest absolute Gasteiger partial charge is 0.379 e. The van der Waals surface area contributed by atoms with Crippen LogP contribution in [0.25, 0.3) is 0 Å². The molecule has 0 aromatic carbocycles. The maximum absolute atomic E-state index is 12.5. The van der Waals surface area contributed by atoms with Crippen molar-refractivity contribution in [2.75, 3.05) is 59.5 Å². The van der Waals surface area contributed by atoms with Gasteiger partial charge in [-0.2, -0.15) is 0 Å². The molecule has 1 atom stereocenters. The Morgan fingerprint density at radius 2 is 2.19 bits per heavy atom. The summed E-state index contributed by atoms with van der Waals surface area (Å²) in [6, 6.07) is 0.155. The maximum Gasteiger partial charge on any atom is 0.236 e. The molecule has 2 aliphatic rings. The molecule has 1 amide bonds. The van der Waals surface area contributed by atoms with Crippen molar-refractivity contribution < 1.29 is 9.53 Å². The summed E-state index contributed by atoms with van der Waals surface area (Å²) in [5.74, 6) is 1.14. The van der Waals surface area contributed by atoms with Crippen molar-refractivity contribution in [3.63, 3.8) is 0 Å². The highest BCUT2D eigenvalue weighted by molar-refractivity contribution is 5.78. The van der Waals surface area contributed by atoms with Crippen molar-refractivity contribution in [1.29, 1.82) is 0 Å². The fourth-order valence-corrected chi connectivity index (χ4v) is 2.91. The number of ether oxygens (including phenoxy) is 1. The van der Waals surface area contributed by atoms with Gasteiger partial charge in [0.1, 0.15) is 5.82 Å². The SMILES string of the molecule is CN1CCN(C(=O)CN2CCOCC2)CC1c1ncc[nH]1. The zero-order valence-corrected chi connectivity index (χ0v) is 12.5. The number of rotatable bonds is 3. The lowest BCUT2D eigenvalue weighted by Gasteiger charge is -2.39. The van der Waals surface area contributed by atoms with Crippen LogP contribution >= 0.6 is 0 Å². The van der Waals surface area contributed by atoms with Gasteiger partial charge in [0, 0.05) is 45.1 Å². The van der Waals surface area contributed by atoms with Crippen LogP contribution in [0.2, 0.25) is 0 Å². The van der Waals surface area contributed by atoms with Gasteiger partial charge in [0.15, 0.2) is 0 Å². The first-order chi connectivity index (χ1) is 10.2. The topological polar surface area (TPSA) is 64.7 Å². The van der Waals surface area contributed by atoms with E-state index in [2.05, 4.69) is 26.8 Å². The molecule has 1 unspecified atom stereocenters. The Kier molecular flexibility index (Phi) is 4.52. The zero-order chi connectivity index (χ0) is 14.7. The van der Waals surface area contributed by atoms with E-state index in [1.807, 2.05) is 11.1 Å². The lowest BCUT2D eigenvalue weighted by molar-refractivity contribution is -0.136. The van der Waals surface area contributed by atoms with Crippen LogP contribution in [0.15, 0.2) is 12.4 Å². The van der Waals surface area contributed by atoms with E-state index < -0.39 is 0 Å². The minimum absolute atomic E-state index is 0.155. The summed E-state index contributed by atoms with van der Waals surface area (Å²) in [4.78, 5) is 26.4. The fraction of sp³-hybridized carbons (Fsp3) is 0.714. The highest BCUT2D eigenvalue weighted by atomic mass is 16.5. The Labute approximate surface area is 124 Å². The number of aromatic amines is 1. The number of carbonyl (C=O) groups is 1. The predicted octanol–water partition coefficient (Wildman–Crippen LogP) is -0.443. The second-order valence-electron chi connectivity index (χ2n) is 5.70. The summed E-state index contributed by atoms with van der Waals surface area (Å²) in [6.45, 7) is 6.01. The number of likely N-dealkylation sites (N-methyl/N-ethyl adjacent to an activating group) is 1. The molecule has 2 aliphatic heterocycles. The Hall–Kier alpha value is -1.44. The van der Waals surface area contributed by atoms with Crippen LogP contribution in [-0.2, 0) is 9.53 Å². The third kappa shape index (κ3) is 3.42. The lowest BCUT2D eigenvalue weighted by atomic mass is 10.1. The summed E-state index contributed by atoms with van der Waals surface area (Å²) in [5.41, 5.74) is 0. The second kappa shape index (κ2) is 6.55. The summed E-state index contributed by atoms with van der Waals surface area (Å²) in [7, 11) is 2.08.